The Bertz CT molecular complexity index is 562. The summed E-state index contributed by atoms with van der Waals surface area (Å²) in [6.45, 7) is 3.17. The molecule has 5 nitrogen and oxygen atoms in total. The van der Waals surface area contributed by atoms with Gasteiger partial charge in [0.05, 0.1) is 30.6 Å². The standard InChI is InChI=1S/C13H18N2O3S/c1-11-9-12(10-14)3-4-13(11)15-5-6-18-7-8-19(2,16)17/h3-4,9,15H,5-8H2,1-2H3. The summed E-state index contributed by atoms with van der Waals surface area (Å²) >= 11 is 0. The number of benzene rings is 1. The molecule has 0 unspecified atom stereocenters. The first-order chi connectivity index (χ1) is 8.92. The predicted molar refractivity (Wildman–Crippen MR) is 74.9 cm³/mol. The van der Waals surface area contributed by atoms with Crippen molar-refractivity contribution in [3.63, 3.8) is 0 Å². The van der Waals surface area contributed by atoms with Crippen molar-refractivity contribution < 1.29 is 13.2 Å². The highest BCUT2D eigenvalue weighted by Gasteiger charge is 2.02. The monoisotopic (exact) mass is 282 g/mol. The van der Waals surface area contributed by atoms with Crippen LogP contribution in [0.4, 0.5) is 5.69 Å². The molecule has 19 heavy (non-hydrogen) atoms. The molecule has 0 amide bonds. The molecule has 0 bridgehead atoms. The maximum absolute atomic E-state index is 10.9. The number of hydrogen-bond acceptors (Lipinski definition) is 5. The molecule has 6 heteroatoms. The maximum Gasteiger partial charge on any atom is 0.149 e. The summed E-state index contributed by atoms with van der Waals surface area (Å²) in [6.07, 6.45) is 1.19. The molecule has 0 fully saturated rings. The third kappa shape index (κ3) is 6.22. The number of hydrogen-bond donors (Lipinski definition) is 1. The zero-order valence-corrected chi connectivity index (χ0v) is 12.0. The lowest BCUT2D eigenvalue weighted by Gasteiger charge is -2.10. The highest BCUT2D eigenvalue weighted by atomic mass is 32.2. The number of sulfone groups is 1. The Hall–Kier alpha value is -1.58. The van der Waals surface area contributed by atoms with Crippen molar-refractivity contribution in [3.05, 3.63) is 29.3 Å². The van der Waals surface area contributed by atoms with Gasteiger partial charge in [0.1, 0.15) is 9.84 Å². The normalized spacial score (nSPS) is 11.0. The van der Waals surface area contributed by atoms with Crippen LogP contribution < -0.4 is 5.32 Å². The van der Waals surface area contributed by atoms with Crippen LogP contribution >= 0.6 is 0 Å². The average Bonchev–Trinajstić information content (AvgIpc) is 2.33. The summed E-state index contributed by atoms with van der Waals surface area (Å²) in [5.74, 6) is 0.0445. The Kier molecular flexibility index (Phi) is 5.80. The number of aryl methyl sites for hydroxylation is 1. The third-order valence-corrected chi connectivity index (χ3v) is 3.42. The van der Waals surface area contributed by atoms with Crippen molar-refractivity contribution in [1.82, 2.24) is 0 Å². The molecule has 0 aromatic heterocycles. The first-order valence-corrected chi connectivity index (χ1v) is 7.98. The van der Waals surface area contributed by atoms with Gasteiger partial charge >= 0.3 is 0 Å². The van der Waals surface area contributed by atoms with E-state index >= 15 is 0 Å². The van der Waals surface area contributed by atoms with Crippen molar-refractivity contribution in [3.8, 4) is 6.07 Å². The second kappa shape index (κ2) is 7.12. The van der Waals surface area contributed by atoms with Crippen molar-refractivity contribution in [1.29, 1.82) is 5.26 Å². The molecule has 104 valence electrons. The zero-order valence-electron chi connectivity index (χ0n) is 11.1. The quantitative estimate of drug-likeness (QED) is 0.763. The van der Waals surface area contributed by atoms with Crippen molar-refractivity contribution >= 4 is 15.5 Å². The molecule has 0 aliphatic heterocycles. The molecule has 1 aromatic carbocycles. The Morgan fingerprint density at radius 3 is 2.68 bits per heavy atom. The number of anilines is 1. The van der Waals surface area contributed by atoms with E-state index in [1.165, 1.54) is 6.26 Å². The van der Waals surface area contributed by atoms with Gasteiger partial charge in [-0.15, -0.1) is 0 Å². The second-order valence-electron chi connectivity index (χ2n) is 4.31. The van der Waals surface area contributed by atoms with Gasteiger partial charge in [-0.05, 0) is 30.7 Å². The molecule has 1 rings (SSSR count). The predicted octanol–water partition coefficient (Wildman–Crippen LogP) is 1.34. The Morgan fingerprint density at radius 1 is 1.37 bits per heavy atom. The van der Waals surface area contributed by atoms with Gasteiger partial charge in [0.2, 0.25) is 0 Å². The van der Waals surface area contributed by atoms with E-state index < -0.39 is 9.84 Å². The van der Waals surface area contributed by atoms with Crippen LogP contribution in [-0.4, -0.2) is 40.2 Å². The molecular formula is C13H18N2O3S. The molecule has 1 N–H and O–H groups in total. The van der Waals surface area contributed by atoms with Crippen LogP contribution in [0.25, 0.3) is 0 Å². The number of nitriles is 1. The largest absolute Gasteiger partial charge is 0.383 e. The van der Waals surface area contributed by atoms with E-state index in [1.807, 2.05) is 19.1 Å². The minimum atomic E-state index is -2.95. The molecule has 0 heterocycles. The highest BCUT2D eigenvalue weighted by Crippen LogP contribution is 2.15. The second-order valence-corrected chi connectivity index (χ2v) is 6.57. The van der Waals surface area contributed by atoms with E-state index in [2.05, 4.69) is 11.4 Å². The van der Waals surface area contributed by atoms with E-state index in [1.54, 1.807) is 6.07 Å². The van der Waals surface area contributed by atoms with Crippen LogP contribution in [-0.2, 0) is 14.6 Å². The van der Waals surface area contributed by atoms with Crippen molar-refractivity contribution in [2.75, 3.05) is 37.1 Å². The van der Waals surface area contributed by atoms with Crippen molar-refractivity contribution in [2.24, 2.45) is 0 Å². The summed E-state index contributed by atoms with van der Waals surface area (Å²) < 4.78 is 27.0. The Morgan fingerprint density at radius 2 is 2.11 bits per heavy atom. The molecule has 0 aliphatic rings. The fraction of sp³-hybridized carbons (Fsp3) is 0.462. The lowest BCUT2D eigenvalue weighted by Crippen LogP contribution is -2.15. The average molecular weight is 282 g/mol. The van der Waals surface area contributed by atoms with Gasteiger partial charge in [0.15, 0.2) is 0 Å². The minimum absolute atomic E-state index is 0.0445. The van der Waals surface area contributed by atoms with E-state index in [0.717, 1.165) is 11.3 Å². The van der Waals surface area contributed by atoms with Crippen molar-refractivity contribution in [2.45, 2.75) is 6.92 Å². The first-order valence-electron chi connectivity index (χ1n) is 5.92. The van der Waals surface area contributed by atoms with Crippen LogP contribution in [0.1, 0.15) is 11.1 Å². The fourth-order valence-electron chi connectivity index (χ4n) is 1.50. The van der Waals surface area contributed by atoms with E-state index in [9.17, 15) is 8.42 Å². The molecule has 0 saturated heterocycles. The molecule has 0 saturated carbocycles. The van der Waals surface area contributed by atoms with Gasteiger partial charge in [0, 0.05) is 18.5 Å². The van der Waals surface area contributed by atoms with Gasteiger partial charge in [-0.3, -0.25) is 0 Å². The molecule has 1 aromatic rings. The third-order valence-electron chi connectivity index (χ3n) is 2.52. The maximum atomic E-state index is 10.9. The summed E-state index contributed by atoms with van der Waals surface area (Å²) in [4.78, 5) is 0. The first kappa shape index (κ1) is 15.5. The van der Waals surface area contributed by atoms with Gasteiger partial charge in [-0.1, -0.05) is 0 Å². The van der Waals surface area contributed by atoms with Crippen LogP contribution in [0.3, 0.4) is 0 Å². The lowest BCUT2D eigenvalue weighted by molar-refractivity contribution is 0.159. The molecule has 0 aliphatic carbocycles. The smallest absolute Gasteiger partial charge is 0.149 e. The summed E-state index contributed by atoms with van der Waals surface area (Å²) in [5, 5.41) is 11.9. The molecule has 0 spiro atoms. The van der Waals surface area contributed by atoms with E-state index in [-0.39, 0.29) is 12.4 Å². The molecular weight excluding hydrogens is 264 g/mol. The summed E-state index contributed by atoms with van der Waals surface area (Å²) in [6, 6.07) is 7.50. The summed E-state index contributed by atoms with van der Waals surface area (Å²) in [7, 11) is -2.95. The zero-order chi connectivity index (χ0) is 14.3. The lowest BCUT2D eigenvalue weighted by atomic mass is 10.1. The number of nitrogens with one attached hydrogen (secondary N) is 1. The van der Waals surface area contributed by atoms with E-state index in [0.29, 0.717) is 18.7 Å². The summed E-state index contributed by atoms with van der Waals surface area (Å²) in [5.41, 5.74) is 2.58. The van der Waals surface area contributed by atoms with Crippen LogP contribution in [0.5, 0.6) is 0 Å². The number of rotatable bonds is 7. The van der Waals surface area contributed by atoms with Gasteiger partial charge in [0.25, 0.3) is 0 Å². The number of ether oxygens (including phenoxy) is 1. The fourth-order valence-corrected chi connectivity index (χ4v) is 1.92. The Labute approximate surface area is 114 Å². The Balaban J connectivity index is 2.29. The van der Waals surface area contributed by atoms with Gasteiger partial charge in [-0.25, -0.2) is 8.42 Å². The van der Waals surface area contributed by atoms with Gasteiger partial charge in [-0.2, -0.15) is 5.26 Å². The van der Waals surface area contributed by atoms with Gasteiger partial charge < -0.3 is 10.1 Å². The highest BCUT2D eigenvalue weighted by molar-refractivity contribution is 7.90. The van der Waals surface area contributed by atoms with Crippen LogP contribution in [0, 0.1) is 18.3 Å². The van der Waals surface area contributed by atoms with Crippen LogP contribution in [0.15, 0.2) is 18.2 Å². The number of nitrogens with zero attached hydrogens (tertiary/aromatic N) is 1. The molecule has 0 atom stereocenters. The van der Waals surface area contributed by atoms with E-state index in [4.69, 9.17) is 10.00 Å². The SMILES string of the molecule is Cc1cc(C#N)ccc1NCCOCCS(C)(=O)=O. The topological polar surface area (TPSA) is 79.2 Å². The van der Waals surface area contributed by atoms with Crippen LogP contribution in [0.2, 0.25) is 0 Å². The molecule has 0 radical (unpaired) electrons. The minimum Gasteiger partial charge on any atom is -0.383 e.